The average molecular weight is 172 g/mol. The van der Waals surface area contributed by atoms with Crippen LogP contribution in [0.1, 0.15) is 20.3 Å². The van der Waals surface area contributed by atoms with E-state index in [-0.39, 0.29) is 12.0 Å². The number of hydrazine groups is 1. The van der Waals surface area contributed by atoms with Crippen LogP contribution in [0.3, 0.4) is 0 Å². The molecule has 0 saturated carbocycles. The van der Waals surface area contributed by atoms with Gasteiger partial charge in [-0.25, -0.2) is 5.01 Å². The molecule has 1 rings (SSSR count). The quantitative estimate of drug-likeness (QED) is 0.643. The summed E-state index contributed by atoms with van der Waals surface area (Å²) in [5, 5.41) is 12.7. The van der Waals surface area contributed by atoms with Gasteiger partial charge in [-0.05, 0) is 13.8 Å². The highest BCUT2D eigenvalue weighted by Gasteiger charge is 2.27. The molecule has 4 nitrogen and oxygen atoms in total. The summed E-state index contributed by atoms with van der Waals surface area (Å²) in [6.07, 6.45) is 0.213. The lowest BCUT2D eigenvalue weighted by Gasteiger charge is -2.27. The van der Waals surface area contributed by atoms with E-state index in [9.17, 15) is 4.79 Å². The van der Waals surface area contributed by atoms with Gasteiger partial charge >= 0.3 is 0 Å². The van der Waals surface area contributed by atoms with Crippen LogP contribution >= 0.6 is 0 Å². The molecule has 1 amide bonds. The van der Waals surface area contributed by atoms with E-state index in [0.29, 0.717) is 19.5 Å². The number of carbonyl (C=O) groups is 1. The molecular formula is C8H16N2O2. The molecule has 12 heavy (non-hydrogen) atoms. The van der Waals surface area contributed by atoms with Crippen LogP contribution in [0.25, 0.3) is 0 Å². The normalized spacial score (nSPS) is 21.9. The van der Waals surface area contributed by atoms with Gasteiger partial charge in [-0.3, -0.25) is 9.80 Å². The van der Waals surface area contributed by atoms with Gasteiger partial charge in [-0.15, -0.1) is 0 Å². The Morgan fingerprint density at radius 3 is 2.83 bits per heavy atom. The van der Waals surface area contributed by atoms with E-state index in [2.05, 4.69) is 0 Å². The number of aliphatic hydroxyl groups is 1. The summed E-state index contributed by atoms with van der Waals surface area (Å²) >= 11 is 0. The molecule has 0 aromatic carbocycles. The summed E-state index contributed by atoms with van der Waals surface area (Å²) in [7, 11) is 0. The minimum absolute atomic E-state index is 0.165. The molecule has 1 unspecified atom stereocenters. The second-order valence-corrected chi connectivity index (χ2v) is 3.12. The highest BCUT2D eigenvalue weighted by Crippen LogP contribution is 2.11. The van der Waals surface area contributed by atoms with Crippen LogP contribution in [0.4, 0.5) is 0 Å². The molecule has 0 aromatic heterocycles. The lowest BCUT2D eigenvalue weighted by molar-refractivity contribution is -0.138. The number of hydrogen-bond acceptors (Lipinski definition) is 3. The standard InChI is InChI=1S/C8H16N2O2/c1-3-10-8(12)4-5-9(10)6-7(2)11/h7,11H,3-6H2,1-2H3. The summed E-state index contributed by atoms with van der Waals surface area (Å²) in [5.41, 5.74) is 0. The lowest BCUT2D eigenvalue weighted by atomic mass is 10.4. The number of hydrogen-bond donors (Lipinski definition) is 1. The van der Waals surface area contributed by atoms with E-state index in [0.717, 1.165) is 6.54 Å². The zero-order valence-corrected chi connectivity index (χ0v) is 7.66. The lowest BCUT2D eigenvalue weighted by Crippen LogP contribution is -2.42. The fourth-order valence-corrected chi connectivity index (χ4v) is 1.50. The maximum absolute atomic E-state index is 11.2. The summed E-state index contributed by atoms with van der Waals surface area (Å²) in [6.45, 7) is 5.68. The fourth-order valence-electron chi connectivity index (χ4n) is 1.50. The first-order chi connectivity index (χ1) is 5.65. The van der Waals surface area contributed by atoms with Crippen LogP contribution in [0, 0.1) is 0 Å². The minimum atomic E-state index is -0.370. The van der Waals surface area contributed by atoms with Crippen molar-refractivity contribution in [1.82, 2.24) is 10.0 Å². The second-order valence-electron chi connectivity index (χ2n) is 3.12. The largest absolute Gasteiger partial charge is 0.392 e. The molecule has 0 radical (unpaired) electrons. The summed E-state index contributed by atoms with van der Waals surface area (Å²) in [6, 6.07) is 0. The van der Waals surface area contributed by atoms with Gasteiger partial charge in [-0.1, -0.05) is 0 Å². The SMILES string of the molecule is CCN1C(=O)CCN1CC(C)O. The molecule has 1 atom stereocenters. The Labute approximate surface area is 72.7 Å². The van der Waals surface area contributed by atoms with E-state index in [1.807, 2.05) is 11.9 Å². The summed E-state index contributed by atoms with van der Waals surface area (Å²) < 4.78 is 0. The van der Waals surface area contributed by atoms with Crippen molar-refractivity contribution in [1.29, 1.82) is 0 Å². The van der Waals surface area contributed by atoms with Gasteiger partial charge in [0.25, 0.3) is 0 Å². The third-order valence-electron chi connectivity index (χ3n) is 1.99. The Morgan fingerprint density at radius 2 is 2.33 bits per heavy atom. The third-order valence-corrected chi connectivity index (χ3v) is 1.99. The summed E-state index contributed by atoms with van der Waals surface area (Å²) in [5.74, 6) is 0.165. The molecule has 0 spiro atoms. The average Bonchev–Trinajstić information content (AvgIpc) is 2.30. The van der Waals surface area contributed by atoms with Crippen molar-refractivity contribution in [3.05, 3.63) is 0 Å². The Bertz CT molecular complexity index is 170. The van der Waals surface area contributed by atoms with Crippen molar-refractivity contribution in [3.63, 3.8) is 0 Å². The molecule has 1 heterocycles. The van der Waals surface area contributed by atoms with E-state index >= 15 is 0 Å². The Kier molecular flexibility index (Phi) is 3.05. The highest BCUT2D eigenvalue weighted by atomic mass is 16.3. The highest BCUT2D eigenvalue weighted by molar-refractivity contribution is 5.77. The Morgan fingerprint density at radius 1 is 1.67 bits per heavy atom. The maximum atomic E-state index is 11.2. The van der Waals surface area contributed by atoms with Crippen LogP contribution in [-0.4, -0.2) is 46.8 Å². The third kappa shape index (κ3) is 1.95. The van der Waals surface area contributed by atoms with Gasteiger partial charge < -0.3 is 5.11 Å². The topological polar surface area (TPSA) is 43.8 Å². The number of amides is 1. The minimum Gasteiger partial charge on any atom is -0.392 e. The Balaban J connectivity index is 2.48. The van der Waals surface area contributed by atoms with Gasteiger partial charge in [0, 0.05) is 26.1 Å². The smallest absolute Gasteiger partial charge is 0.238 e. The van der Waals surface area contributed by atoms with Gasteiger partial charge in [0.15, 0.2) is 0 Å². The van der Waals surface area contributed by atoms with E-state index in [4.69, 9.17) is 5.11 Å². The van der Waals surface area contributed by atoms with Gasteiger partial charge in [-0.2, -0.15) is 0 Å². The van der Waals surface area contributed by atoms with Gasteiger partial charge in [0.05, 0.1) is 6.10 Å². The van der Waals surface area contributed by atoms with Crippen LogP contribution in [0.2, 0.25) is 0 Å². The van der Waals surface area contributed by atoms with Crippen molar-refractivity contribution in [2.75, 3.05) is 19.6 Å². The first-order valence-corrected chi connectivity index (χ1v) is 4.38. The molecule has 1 aliphatic rings. The molecule has 1 aliphatic heterocycles. The number of carbonyl (C=O) groups excluding carboxylic acids is 1. The van der Waals surface area contributed by atoms with E-state index in [1.165, 1.54) is 0 Å². The van der Waals surface area contributed by atoms with Crippen molar-refractivity contribution >= 4 is 5.91 Å². The molecule has 1 N–H and O–H groups in total. The predicted molar refractivity (Wildman–Crippen MR) is 45.3 cm³/mol. The van der Waals surface area contributed by atoms with Crippen molar-refractivity contribution in [2.45, 2.75) is 26.4 Å². The van der Waals surface area contributed by atoms with Crippen LogP contribution in [0.15, 0.2) is 0 Å². The van der Waals surface area contributed by atoms with Crippen molar-refractivity contribution in [2.24, 2.45) is 0 Å². The van der Waals surface area contributed by atoms with Crippen molar-refractivity contribution in [3.8, 4) is 0 Å². The Hall–Kier alpha value is -0.610. The first-order valence-electron chi connectivity index (χ1n) is 4.38. The van der Waals surface area contributed by atoms with Crippen LogP contribution in [-0.2, 0) is 4.79 Å². The molecule has 0 aliphatic carbocycles. The second kappa shape index (κ2) is 3.87. The number of aliphatic hydroxyl groups excluding tert-OH is 1. The maximum Gasteiger partial charge on any atom is 0.238 e. The molecule has 1 saturated heterocycles. The van der Waals surface area contributed by atoms with Crippen LogP contribution in [0.5, 0.6) is 0 Å². The zero-order valence-electron chi connectivity index (χ0n) is 7.66. The fraction of sp³-hybridized carbons (Fsp3) is 0.875. The predicted octanol–water partition coefficient (Wildman–Crippen LogP) is -0.164. The van der Waals surface area contributed by atoms with Crippen LogP contribution < -0.4 is 0 Å². The van der Waals surface area contributed by atoms with Gasteiger partial charge in [0.1, 0.15) is 0 Å². The zero-order chi connectivity index (χ0) is 9.14. The van der Waals surface area contributed by atoms with E-state index < -0.39 is 0 Å². The van der Waals surface area contributed by atoms with E-state index in [1.54, 1.807) is 11.9 Å². The van der Waals surface area contributed by atoms with Gasteiger partial charge in [0.2, 0.25) is 5.91 Å². The number of β-amino-alcohol motifs (C(OH)–C–C–N with tert-alkyl or cyclic N) is 1. The first kappa shape index (κ1) is 9.48. The van der Waals surface area contributed by atoms with Crippen molar-refractivity contribution < 1.29 is 9.90 Å². The monoisotopic (exact) mass is 172 g/mol. The molecule has 0 bridgehead atoms. The molecule has 0 aromatic rings. The summed E-state index contributed by atoms with van der Waals surface area (Å²) in [4.78, 5) is 11.2. The molecule has 4 heteroatoms. The number of nitrogens with zero attached hydrogens (tertiary/aromatic N) is 2. The number of rotatable bonds is 3. The molecule has 1 fully saturated rings. The molecule has 70 valence electrons. The molecular weight excluding hydrogens is 156 g/mol.